The normalized spacial score (nSPS) is 11.5. The summed E-state index contributed by atoms with van der Waals surface area (Å²) in [6, 6.07) is 6.67. The summed E-state index contributed by atoms with van der Waals surface area (Å²) in [5, 5.41) is 26.8. The number of oxazole rings is 1. The van der Waals surface area contributed by atoms with Gasteiger partial charge in [-0.2, -0.15) is 0 Å². The van der Waals surface area contributed by atoms with Crippen LogP contribution in [0.15, 0.2) is 51.8 Å². The molecule has 130 valence electrons. The van der Waals surface area contributed by atoms with E-state index in [2.05, 4.69) is 9.97 Å². The third-order valence-electron chi connectivity index (χ3n) is 3.20. The second kappa shape index (κ2) is 6.85. The molecule has 0 aromatic carbocycles. The predicted octanol–water partition coefficient (Wildman–Crippen LogP) is 0.816. The van der Waals surface area contributed by atoms with Crippen molar-refractivity contribution < 1.29 is 33.7 Å². The van der Waals surface area contributed by atoms with E-state index in [0.29, 0.717) is 5.76 Å². The Kier molecular flexibility index (Phi) is 4.61. The van der Waals surface area contributed by atoms with Gasteiger partial charge in [0.1, 0.15) is 18.6 Å². The maximum atomic E-state index is 11.9. The van der Waals surface area contributed by atoms with Crippen LogP contribution in [0.4, 0.5) is 0 Å². The Bertz CT molecular complexity index is 849. The second-order valence-electron chi connectivity index (χ2n) is 5.05. The maximum Gasteiger partial charge on any atom is 0.374 e. The first-order valence-electron chi connectivity index (χ1n) is 7.23. The van der Waals surface area contributed by atoms with E-state index in [-0.39, 0.29) is 24.7 Å². The lowest BCUT2D eigenvalue weighted by atomic mass is 10.2. The molecule has 0 atom stereocenters. The Balaban J connectivity index is 1.55. The standard InChI is InChI=1S/C16H14N2O7/c19-15(12-4-3-11(25-12)10-2-1-6-17-8-10)23-7-5-14-18-13(9-24-14)16(20,21)22/h1-4,6,8-9,20-22H,5,7H2. The van der Waals surface area contributed by atoms with Gasteiger partial charge in [0.15, 0.2) is 11.6 Å². The van der Waals surface area contributed by atoms with Crippen LogP contribution < -0.4 is 0 Å². The Morgan fingerprint density at radius 1 is 1.24 bits per heavy atom. The van der Waals surface area contributed by atoms with E-state index in [9.17, 15) is 4.79 Å². The number of esters is 1. The van der Waals surface area contributed by atoms with Crippen LogP contribution in [0.25, 0.3) is 11.3 Å². The molecule has 0 saturated heterocycles. The van der Waals surface area contributed by atoms with Crippen molar-refractivity contribution >= 4 is 5.97 Å². The average Bonchev–Trinajstić information content (AvgIpc) is 3.25. The van der Waals surface area contributed by atoms with Gasteiger partial charge in [-0.15, -0.1) is 0 Å². The van der Waals surface area contributed by atoms with E-state index in [0.717, 1.165) is 11.8 Å². The molecular formula is C16H14N2O7. The fourth-order valence-corrected chi connectivity index (χ4v) is 1.99. The molecule has 0 spiro atoms. The van der Waals surface area contributed by atoms with Crippen molar-refractivity contribution in [3.8, 4) is 11.3 Å². The molecule has 0 saturated carbocycles. The lowest BCUT2D eigenvalue weighted by molar-refractivity contribution is -0.326. The third-order valence-corrected chi connectivity index (χ3v) is 3.20. The second-order valence-corrected chi connectivity index (χ2v) is 5.05. The minimum absolute atomic E-state index is 0.0343. The zero-order valence-corrected chi connectivity index (χ0v) is 12.8. The molecule has 9 nitrogen and oxygen atoms in total. The van der Waals surface area contributed by atoms with Crippen LogP contribution in [0.1, 0.15) is 22.1 Å². The zero-order valence-electron chi connectivity index (χ0n) is 12.8. The summed E-state index contributed by atoms with van der Waals surface area (Å²) in [6.07, 6.45) is 4.21. The Morgan fingerprint density at radius 3 is 2.76 bits per heavy atom. The molecule has 0 unspecified atom stereocenters. The highest BCUT2D eigenvalue weighted by molar-refractivity contribution is 5.87. The van der Waals surface area contributed by atoms with Crippen molar-refractivity contribution in [3.63, 3.8) is 0 Å². The number of hydrogen-bond donors (Lipinski definition) is 3. The zero-order chi connectivity index (χ0) is 17.9. The molecule has 3 aromatic rings. The Morgan fingerprint density at radius 2 is 2.08 bits per heavy atom. The maximum absolute atomic E-state index is 11.9. The van der Waals surface area contributed by atoms with Crippen LogP contribution in [-0.4, -0.2) is 37.9 Å². The van der Waals surface area contributed by atoms with E-state index in [1.165, 1.54) is 6.07 Å². The number of aromatic nitrogens is 2. The average molecular weight is 346 g/mol. The summed E-state index contributed by atoms with van der Waals surface area (Å²) in [7, 11) is 0. The molecule has 0 aliphatic rings. The van der Waals surface area contributed by atoms with E-state index in [4.69, 9.17) is 28.9 Å². The van der Waals surface area contributed by atoms with Gasteiger partial charge in [0.2, 0.25) is 5.76 Å². The molecule has 25 heavy (non-hydrogen) atoms. The molecule has 0 aliphatic heterocycles. The number of rotatable bonds is 6. The van der Waals surface area contributed by atoms with Gasteiger partial charge in [-0.1, -0.05) is 0 Å². The number of aliphatic hydroxyl groups is 3. The number of furan rings is 1. The van der Waals surface area contributed by atoms with E-state index in [1.807, 2.05) is 0 Å². The fourth-order valence-electron chi connectivity index (χ4n) is 1.99. The highest BCUT2D eigenvalue weighted by Crippen LogP contribution is 2.21. The van der Waals surface area contributed by atoms with Gasteiger partial charge in [0.25, 0.3) is 0 Å². The topological polar surface area (TPSA) is 139 Å². The van der Waals surface area contributed by atoms with Gasteiger partial charge in [0.05, 0.1) is 6.42 Å². The van der Waals surface area contributed by atoms with Crippen molar-refractivity contribution in [2.45, 2.75) is 12.4 Å². The lowest BCUT2D eigenvalue weighted by Gasteiger charge is -2.08. The van der Waals surface area contributed by atoms with Crippen molar-refractivity contribution in [2.75, 3.05) is 6.61 Å². The van der Waals surface area contributed by atoms with Crippen molar-refractivity contribution in [1.82, 2.24) is 9.97 Å². The third kappa shape index (κ3) is 4.10. The molecule has 9 heteroatoms. The summed E-state index contributed by atoms with van der Waals surface area (Å²) >= 11 is 0. The number of hydrogen-bond acceptors (Lipinski definition) is 9. The summed E-state index contributed by atoms with van der Waals surface area (Å²) in [6.45, 7) is -0.0724. The van der Waals surface area contributed by atoms with E-state index in [1.54, 1.807) is 30.6 Å². The summed E-state index contributed by atoms with van der Waals surface area (Å²) in [4.78, 5) is 19.6. The fraction of sp³-hybridized carbons (Fsp3) is 0.188. The Labute approximate surface area is 141 Å². The molecule has 0 bridgehead atoms. The first-order valence-corrected chi connectivity index (χ1v) is 7.23. The van der Waals surface area contributed by atoms with Gasteiger partial charge in [-0.3, -0.25) is 4.98 Å². The minimum Gasteiger partial charge on any atom is -0.459 e. The molecule has 3 rings (SSSR count). The minimum atomic E-state index is -3.07. The number of carbonyl (C=O) groups is 1. The lowest BCUT2D eigenvalue weighted by Crippen LogP contribution is -2.24. The highest BCUT2D eigenvalue weighted by Gasteiger charge is 2.26. The van der Waals surface area contributed by atoms with Crippen LogP contribution in [0.5, 0.6) is 0 Å². The number of ether oxygens (including phenoxy) is 1. The molecule has 3 heterocycles. The van der Waals surface area contributed by atoms with Gasteiger partial charge in [-0.05, 0) is 24.3 Å². The first kappa shape index (κ1) is 16.8. The summed E-state index contributed by atoms with van der Waals surface area (Å²) in [5.74, 6) is -3.15. The van der Waals surface area contributed by atoms with Crippen molar-refractivity contribution in [2.24, 2.45) is 0 Å². The molecule has 0 aliphatic carbocycles. The molecule has 0 amide bonds. The molecule has 3 aromatic heterocycles. The summed E-state index contributed by atoms with van der Waals surface area (Å²) in [5.41, 5.74) is 0.273. The molecule has 0 radical (unpaired) electrons. The Hall–Kier alpha value is -3.01. The number of carbonyl (C=O) groups excluding carboxylic acids is 1. The molecule has 3 N–H and O–H groups in total. The van der Waals surface area contributed by atoms with Crippen LogP contribution in [0.2, 0.25) is 0 Å². The van der Waals surface area contributed by atoms with E-state index < -0.39 is 17.6 Å². The first-order chi connectivity index (χ1) is 11.9. The summed E-state index contributed by atoms with van der Waals surface area (Å²) < 4.78 is 15.4. The van der Waals surface area contributed by atoms with Crippen LogP contribution in [0, 0.1) is 0 Å². The number of pyridine rings is 1. The van der Waals surface area contributed by atoms with Crippen LogP contribution in [0.3, 0.4) is 0 Å². The van der Waals surface area contributed by atoms with E-state index >= 15 is 0 Å². The quantitative estimate of drug-likeness (QED) is 0.437. The SMILES string of the molecule is O=C(OCCc1nc(C(O)(O)O)co1)c1ccc(-c2cccnc2)o1. The van der Waals surface area contributed by atoms with Crippen LogP contribution >= 0.6 is 0 Å². The largest absolute Gasteiger partial charge is 0.459 e. The number of nitrogens with zero attached hydrogens (tertiary/aromatic N) is 2. The monoisotopic (exact) mass is 346 g/mol. The van der Waals surface area contributed by atoms with Gasteiger partial charge < -0.3 is 28.9 Å². The predicted molar refractivity (Wildman–Crippen MR) is 80.8 cm³/mol. The molecule has 0 fully saturated rings. The van der Waals surface area contributed by atoms with Gasteiger partial charge >= 0.3 is 11.9 Å². The van der Waals surface area contributed by atoms with Crippen molar-refractivity contribution in [3.05, 3.63) is 60.3 Å². The van der Waals surface area contributed by atoms with Gasteiger partial charge in [0, 0.05) is 18.0 Å². The smallest absolute Gasteiger partial charge is 0.374 e. The highest BCUT2D eigenvalue weighted by atomic mass is 16.7. The van der Waals surface area contributed by atoms with Gasteiger partial charge in [-0.25, -0.2) is 9.78 Å². The molecular weight excluding hydrogens is 332 g/mol. The van der Waals surface area contributed by atoms with Crippen molar-refractivity contribution in [1.29, 1.82) is 0 Å². The van der Waals surface area contributed by atoms with Crippen LogP contribution in [-0.2, 0) is 17.1 Å².